The van der Waals surface area contributed by atoms with Crippen molar-refractivity contribution in [3.8, 4) is 5.75 Å². The van der Waals surface area contributed by atoms with Crippen molar-refractivity contribution >= 4 is 11.6 Å². The molecule has 1 aromatic rings. The van der Waals surface area contributed by atoms with Gasteiger partial charge in [0.1, 0.15) is 17.9 Å². The molecule has 7 nitrogen and oxygen atoms in total. The van der Waals surface area contributed by atoms with E-state index in [0.29, 0.717) is 12.3 Å². The zero-order valence-corrected chi connectivity index (χ0v) is 11.9. The molecule has 1 aliphatic rings. The minimum Gasteiger partial charge on any atom is -0.491 e. The van der Waals surface area contributed by atoms with Gasteiger partial charge in [0.25, 0.3) is 5.69 Å². The van der Waals surface area contributed by atoms with Crippen LogP contribution in [0.5, 0.6) is 5.75 Å². The first-order valence-corrected chi connectivity index (χ1v) is 6.92. The Morgan fingerprint density at radius 2 is 2.10 bits per heavy atom. The van der Waals surface area contributed by atoms with Gasteiger partial charge in [-0.2, -0.15) is 0 Å². The summed E-state index contributed by atoms with van der Waals surface area (Å²) < 4.78 is 5.64. The summed E-state index contributed by atoms with van der Waals surface area (Å²) in [6.07, 6.45) is 1.89. The molecule has 0 aliphatic heterocycles. The summed E-state index contributed by atoms with van der Waals surface area (Å²) in [4.78, 5) is 22.0. The van der Waals surface area contributed by atoms with Crippen LogP contribution in [0.4, 0.5) is 5.69 Å². The maximum Gasteiger partial charge on any atom is 0.269 e. The maximum atomic E-state index is 11.8. The SMILES string of the molecule is CCNC(COc1ccc([N+](=O)[O-])cc1)(C(N)=O)C1CC1. The van der Waals surface area contributed by atoms with Crippen molar-refractivity contribution in [1.82, 2.24) is 5.32 Å². The molecule has 0 saturated heterocycles. The molecule has 1 atom stereocenters. The molecule has 1 aromatic carbocycles. The van der Waals surface area contributed by atoms with Gasteiger partial charge in [-0.15, -0.1) is 0 Å². The topological polar surface area (TPSA) is 107 Å². The monoisotopic (exact) mass is 293 g/mol. The molecular weight excluding hydrogens is 274 g/mol. The van der Waals surface area contributed by atoms with E-state index in [1.54, 1.807) is 0 Å². The number of nitro groups is 1. The van der Waals surface area contributed by atoms with Gasteiger partial charge in [0.2, 0.25) is 5.91 Å². The second kappa shape index (κ2) is 6.09. The van der Waals surface area contributed by atoms with Gasteiger partial charge in [-0.3, -0.25) is 14.9 Å². The van der Waals surface area contributed by atoms with Crippen molar-refractivity contribution in [1.29, 1.82) is 0 Å². The molecule has 114 valence electrons. The summed E-state index contributed by atoms with van der Waals surface area (Å²) in [7, 11) is 0. The normalized spacial score (nSPS) is 17.0. The fraction of sp³-hybridized carbons (Fsp3) is 0.500. The molecule has 1 saturated carbocycles. The summed E-state index contributed by atoms with van der Waals surface area (Å²) in [5.41, 5.74) is 4.69. The molecule has 1 aliphatic carbocycles. The highest BCUT2D eigenvalue weighted by Gasteiger charge is 2.50. The summed E-state index contributed by atoms with van der Waals surface area (Å²) in [5.74, 6) is 0.242. The van der Waals surface area contributed by atoms with E-state index in [9.17, 15) is 14.9 Å². The predicted octanol–water partition coefficient (Wildman–Crippen LogP) is 1.22. The van der Waals surface area contributed by atoms with Crippen LogP contribution in [0.15, 0.2) is 24.3 Å². The van der Waals surface area contributed by atoms with Crippen molar-refractivity contribution in [2.24, 2.45) is 11.7 Å². The lowest BCUT2D eigenvalue weighted by Crippen LogP contribution is -2.61. The van der Waals surface area contributed by atoms with Crippen LogP contribution in [0.2, 0.25) is 0 Å². The number of ether oxygens (including phenoxy) is 1. The highest BCUT2D eigenvalue weighted by atomic mass is 16.6. The van der Waals surface area contributed by atoms with Crippen LogP contribution in [0.25, 0.3) is 0 Å². The second-order valence-electron chi connectivity index (χ2n) is 5.18. The lowest BCUT2D eigenvalue weighted by atomic mass is 9.93. The molecule has 3 N–H and O–H groups in total. The Balaban J connectivity index is 2.07. The number of nitrogens with zero attached hydrogens (tertiary/aromatic N) is 1. The first-order chi connectivity index (χ1) is 9.99. The van der Waals surface area contributed by atoms with Crippen LogP contribution in [-0.4, -0.2) is 29.5 Å². The van der Waals surface area contributed by atoms with Crippen LogP contribution < -0.4 is 15.8 Å². The number of nitro benzene ring substituents is 1. The Morgan fingerprint density at radius 3 is 2.52 bits per heavy atom. The molecule has 0 bridgehead atoms. The molecule has 2 rings (SSSR count). The second-order valence-corrected chi connectivity index (χ2v) is 5.18. The number of nitrogens with one attached hydrogen (secondary N) is 1. The molecule has 1 unspecified atom stereocenters. The van der Waals surface area contributed by atoms with Crippen LogP contribution in [0.1, 0.15) is 19.8 Å². The highest BCUT2D eigenvalue weighted by molar-refractivity contribution is 5.85. The molecular formula is C14H19N3O4. The van der Waals surface area contributed by atoms with Crippen LogP contribution >= 0.6 is 0 Å². The lowest BCUT2D eigenvalue weighted by molar-refractivity contribution is -0.384. The van der Waals surface area contributed by atoms with Crippen molar-refractivity contribution < 1.29 is 14.5 Å². The summed E-state index contributed by atoms with van der Waals surface area (Å²) in [6, 6.07) is 5.77. The van der Waals surface area contributed by atoms with E-state index in [0.717, 1.165) is 12.8 Å². The van der Waals surface area contributed by atoms with Gasteiger partial charge >= 0.3 is 0 Å². The molecule has 0 spiro atoms. The summed E-state index contributed by atoms with van der Waals surface area (Å²) in [5, 5.41) is 13.7. The van der Waals surface area contributed by atoms with Crippen LogP contribution in [0, 0.1) is 16.0 Å². The molecule has 21 heavy (non-hydrogen) atoms. The van der Waals surface area contributed by atoms with Gasteiger partial charge in [-0.05, 0) is 37.4 Å². The van der Waals surface area contributed by atoms with Gasteiger partial charge < -0.3 is 15.8 Å². The largest absolute Gasteiger partial charge is 0.491 e. The van der Waals surface area contributed by atoms with E-state index < -0.39 is 16.4 Å². The van der Waals surface area contributed by atoms with Crippen molar-refractivity contribution in [2.75, 3.05) is 13.2 Å². The fourth-order valence-corrected chi connectivity index (χ4v) is 2.43. The molecule has 7 heteroatoms. The van der Waals surface area contributed by atoms with E-state index in [1.165, 1.54) is 24.3 Å². The van der Waals surface area contributed by atoms with Crippen LogP contribution in [-0.2, 0) is 4.79 Å². The fourth-order valence-electron chi connectivity index (χ4n) is 2.43. The third-order valence-corrected chi connectivity index (χ3v) is 3.72. The molecule has 0 heterocycles. The Morgan fingerprint density at radius 1 is 1.48 bits per heavy atom. The molecule has 1 amide bonds. The smallest absolute Gasteiger partial charge is 0.269 e. The molecule has 0 aromatic heterocycles. The number of amides is 1. The number of carbonyl (C=O) groups is 1. The number of rotatable bonds is 8. The average molecular weight is 293 g/mol. The molecule has 1 fully saturated rings. The Hall–Kier alpha value is -2.15. The van der Waals surface area contributed by atoms with Gasteiger partial charge in [-0.25, -0.2) is 0 Å². The number of primary amides is 1. The predicted molar refractivity (Wildman–Crippen MR) is 76.9 cm³/mol. The minimum atomic E-state index is -0.865. The van der Waals surface area contributed by atoms with Gasteiger partial charge in [-0.1, -0.05) is 6.92 Å². The Kier molecular flexibility index (Phi) is 4.42. The van der Waals surface area contributed by atoms with E-state index >= 15 is 0 Å². The van der Waals surface area contributed by atoms with E-state index in [1.807, 2.05) is 6.92 Å². The zero-order chi connectivity index (χ0) is 15.5. The van der Waals surface area contributed by atoms with Crippen molar-refractivity contribution in [3.05, 3.63) is 34.4 Å². The van der Waals surface area contributed by atoms with Gasteiger partial charge in [0.15, 0.2) is 0 Å². The van der Waals surface area contributed by atoms with Crippen molar-refractivity contribution in [3.63, 3.8) is 0 Å². The maximum absolute atomic E-state index is 11.8. The van der Waals surface area contributed by atoms with Gasteiger partial charge in [0, 0.05) is 12.1 Å². The molecule has 0 radical (unpaired) electrons. The summed E-state index contributed by atoms with van der Waals surface area (Å²) in [6.45, 7) is 2.65. The van der Waals surface area contributed by atoms with E-state index in [2.05, 4.69) is 5.32 Å². The number of hydrogen-bond acceptors (Lipinski definition) is 5. The number of non-ortho nitro benzene ring substituents is 1. The minimum absolute atomic E-state index is 0.00242. The first kappa shape index (κ1) is 15.2. The number of carbonyl (C=O) groups excluding carboxylic acids is 1. The average Bonchev–Trinajstić information content (AvgIpc) is 3.28. The number of nitrogens with two attached hydrogens (primary N) is 1. The standard InChI is InChI=1S/C14H19N3O4/c1-2-16-14(13(15)18,10-3-4-10)9-21-12-7-5-11(6-8-12)17(19)20/h5-8,10,16H,2-4,9H2,1H3,(H2,15,18). The Labute approximate surface area is 122 Å². The van der Waals surface area contributed by atoms with Crippen LogP contribution in [0.3, 0.4) is 0 Å². The summed E-state index contributed by atoms with van der Waals surface area (Å²) >= 11 is 0. The van der Waals surface area contributed by atoms with E-state index in [-0.39, 0.29) is 18.2 Å². The third-order valence-electron chi connectivity index (χ3n) is 3.72. The third kappa shape index (κ3) is 3.30. The first-order valence-electron chi connectivity index (χ1n) is 6.92. The van der Waals surface area contributed by atoms with Gasteiger partial charge in [0.05, 0.1) is 4.92 Å². The lowest BCUT2D eigenvalue weighted by Gasteiger charge is -2.31. The number of benzene rings is 1. The number of hydrogen-bond donors (Lipinski definition) is 2. The zero-order valence-electron chi connectivity index (χ0n) is 11.9. The Bertz CT molecular complexity index is 528. The quantitative estimate of drug-likeness (QED) is 0.553. The van der Waals surface area contributed by atoms with Crippen molar-refractivity contribution in [2.45, 2.75) is 25.3 Å². The highest BCUT2D eigenvalue weighted by Crippen LogP contribution is 2.40. The van der Waals surface area contributed by atoms with E-state index in [4.69, 9.17) is 10.5 Å². The number of likely N-dealkylation sites (N-methyl/N-ethyl adjacent to an activating group) is 1.